The maximum atomic E-state index is 10.8. The minimum atomic E-state index is -0.426. The van der Waals surface area contributed by atoms with Gasteiger partial charge in [0, 0.05) is 18.8 Å². The first-order valence-corrected chi connectivity index (χ1v) is 5.25. The Morgan fingerprint density at radius 2 is 2.33 bits per heavy atom. The second-order valence-electron chi connectivity index (χ2n) is 3.82. The van der Waals surface area contributed by atoms with Crippen LogP contribution in [0.5, 0.6) is 0 Å². The Labute approximate surface area is 103 Å². The average Bonchev–Trinajstić information content (AvgIpc) is 2.73. The molecular weight excluding hydrogens is 236 g/mol. The molecule has 0 radical (unpaired) electrons. The van der Waals surface area contributed by atoms with Crippen molar-refractivity contribution >= 4 is 11.5 Å². The SMILES string of the molecule is Cc1cnc(NCc2nncn2C)cc1[N+](=O)[O-]. The van der Waals surface area contributed by atoms with Gasteiger partial charge in [-0.1, -0.05) is 0 Å². The Balaban J connectivity index is 2.13. The zero-order valence-corrected chi connectivity index (χ0v) is 9.99. The number of hydrogen-bond acceptors (Lipinski definition) is 6. The van der Waals surface area contributed by atoms with Crippen molar-refractivity contribution in [1.82, 2.24) is 19.7 Å². The third kappa shape index (κ3) is 2.42. The molecule has 2 aromatic rings. The number of anilines is 1. The highest BCUT2D eigenvalue weighted by Gasteiger charge is 2.12. The number of hydrogen-bond donors (Lipinski definition) is 1. The zero-order valence-electron chi connectivity index (χ0n) is 9.99. The highest BCUT2D eigenvalue weighted by Crippen LogP contribution is 2.19. The molecule has 0 bridgehead atoms. The Morgan fingerprint density at radius 1 is 1.56 bits per heavy atom. The molecule has 0 aromatic carbocycles. The summed E-state index contributed by atoms with van der Waals surface area (Å²) in [4.78, 5) is 14.4. The highest BCUT2D eigenvalue weighted by atomic mass is 16.6. The van der Waals surface area contributed by atoms with Crippen molar-refractivity contribution in [3.05, 3.63) is 40.1 Å². The van der Waals surface area contributed by atoms with E-state index in [4.69, 9.17) is 0 Å². The minimum Gasteiger partial charge on any atom is -0.363 e. The summed E-state index contributed by atoms with van der Waals surface area (Å²) in [5, 5.41) is 21.4. The summed E-state index contributed by atoms with van der Waals surface area (Å²) in [7, 11) is 1.82. The first-order chi connectivity index (χ1) is 8.58. The van der Waals surface area contributed by atoms with Gasteiger partial charge in [-0.15, -0.1) is 10.2 Å². The van der Waals surface area contributed by atoms with E-state index >= 15 is 0 Å². The third-order valence-corrected chi connectivity index (χ3v) is 2.50. The molecule has 0 aliphatic carbocycles. The van der Waals surface area contributed by atoms with Gasteiger partial charge in [0.1, 0.15) is 12.1 Å². The standard InChI is InChI=1S/C10H12N6O2/c1-7-4-11-9(3-8(7)16(17)18)12-5-10-14-13-6-15(10)2/h3-4,6H,5H2,1-2H3,(H,11,12). The van der Waals surface area contributed by atoms with Crippen LogP contribution in [0.25, 0.3) is 0 Å². The van der Waals surface area contributed by atoms with Crippen LogP contribution >= 0.6 is 0 Å². The number of nitrogens with one attached hydrogen (secondary N) is 1. The van der Waals surface area contributed by atoms with Gasteiger partial charge in [0.2, 0.25) is 0 Å². The number of aromatic nitrogens is 4. The summed E-state index contributed by atoms with van der Waals surface area (Å²) < 4.78 is 1.76. The topological polar surface area (TPSA) is 98.8 Å². The van der Waals surface area contributed by atoms with E-state index in [0.29, 0.717) is 17.9 Å². The van der Waals surface area contributed by atoms with Gasteiger partial charge in [-0.25, -0.2) is 4.98 Å². The molecule has 0 unspecified atom stereocenters. The Kier molecular flexibility index (Phi) is 3.18. The van der Waals surface area contributed by atoms with E-state index < -0.39 is 4.92 Å². The zero-order chi connectivity index (χ0) is 13.1. The van der Waals surface area contributed by atoms with Crippen molar-refractivity contribution in [2.24, 2.45) is 7.05 Å². The van der Waals surface area contributed by atoms with Crippen molar-refractivity contribution in [3.8, 4) is 0 Å². The van der Waals surface area contributed by atoms with Crippen LogP contribution in [0.15, 0.2) is 18.6 Å². The lowest BCUT2D eigenvalue weighted by atomic mass is 10.2. The normalized spacial score (nSPS) is 10.3. The predicted octanol–water partition coefficient (Wildman–Crippen LogP) is 1.04. The largest absolute Gasteiger partial charge is 0.363 e. The summed E-state index contributed by atoms with van der Waals surface area (Å²) in [6.07, 6.45) is 3.05. The van der Waals surface area contributed by atoms with Crippen LogP contribution in [-0.2, 0) is 13.6 Å². The van der Waals surface area contributed by atoms with E-state index in [0.717, 1.165) is 5.82 Å². The van der Waals surface area contributed by atoms with Crippen LogP contribution in [0.4, 0.5) is 11.5 Å². The molecule has 2 heterocycles. The number of aryl methyl sites for hydroxylation is 2. The van der Waals surface area contributed by atoms with Crippen molar-refractivity contribution in [2.45, 2.75) is 13.5 Å². The third-order valence-electron chi connectivity index (χ3n) is 2.50. The van der Waals surface area contributed by atoms with Crippen LogP contribution in [0.2, 0.25) is 0 Å². The molecule has 0 fully saturated rings. The van der Waals surface area contributed by atoms with E-state index in [1.165, 1.54) is 12.3 Å². The smallest absolute Gasteiger partial charge is 0.277 e. The van der Waals surface area contributed by atoms with Crippen LogP contribution < -0.4 is 5.32 Å². The minimum absolute atomic E-state index is 0.0467. The molecule has 8 nitrogen and oxygen atoms in total. The lowest BCUT2D eigenvalue weighted by Gasteiger charge is -2.05. The molecule has 18 heavy (non-hydrogen) atoms. The molecule has 0 atom stereocenters. The molecule has 0 spiro atoms. The molecule has 0 aliphatic rings. The summed E-state index contributed by atoms with van der Waals surface area (Å²) >= 11 is 0. The Bertz CT molecular complexity index is 579. The molecule has 0 amide bonds. The summed E-state index contributed by atoms with van der Waals surface area (Å²) in [6, 6.07) is 1.41. The molecule has 8 heteroatoms. The lowest BCUT2D eigenvalue weighted by Crippen LogP contribution is -2.07. The van der Waals surface area contributed by atoms with E-state index in [2.05, 4.69) is 20.5 Å². The maximum absolute atomic E-state index is 10.8. The Morgan fingerprint density at radius 3 is 2.94 bits per heavy atom. The van der Waals surface area contributed by atoms with Crippen molar-refractivity contribution < 1.29 is 4.92 Å². The molecular formula is C10H12N6O2. The monoisotopic (exact) mass is 248 g/mol. The van der Waals surface area contributed by atoms with Crippen LogP contribution in [-0.4, -0.2) is 24.7 Å². The second-order valence-corrected chi connectivity index (χ2v) is 3.82. The number of rotatable bonds is 4. The van der Waals surface area contributed by atoms with Crippen molar-refractivity contribution in [1.29, 1.82) is 0 Å². The maximum Gasteiger partial charge on any atom is 0.277 e. The fraction of sp³-hybridized carbons (Fsp3) is 0.300. The fourth-order valence-electron chi connectivity index (χ4n) is 1.44. The summed E-state index contributed by atoms with van der Waals surface area (Å²) in [5.41, 5.74) is 0.578. The molecule has 0 saturated heterocycles. The van der Waals surface area contributed by atoms with Gasteiger partial charge < -0.3 is 9.88 Å². The quantitative estimate of drug-likeness (QED) is 0.641. The second kappa shape index (κ2) is 4.78. The molecule has 1 N–H and O–H groups in total. The van der Waals surface area contributed by atoms with Gasteiger partial charge in [0.15, 0.2) is 5.82 Å². The number of pyridine rings is 1. The highest BCUT2D eigenvalue weighted by molar-refractivity contribution is 5.48. The lowest BCUT2D eigenvalue weighted by molar-refractivity contribution is -0.385. The first-order valence-electron chi connectivity index (χ1n) is 5.25. The molecule has 0 saturated carbocycles. The van der Waals surface area contributed by atoms with Gasteiger partial charge >= 0.3 is 0 Å². The van der Waals surface area contributed by atoms with E-state index in [9.17, 15) is 10.1 Å². The molecule has 2 aromatic heterocycles. The van der Waals surface area contributed by atoms with Gasteiger partial charge in [-0.2, -0.15) is 0 Å². The van der Waals surface area contributed by atoms with Crippen molar-refractivity contribution in [2.75, 3.05) is 5.32 Å². The number of nitro groups is 1. The van der Waals surface area contributed by atoms with E-state index in [1.807, 2.05) is 7.05 Å². The van der Waals surface area contributed by atoms with E-state index in [-0.39, 0.29) is 5.69 Å². The predicted molar refractivity (Wildman–Crippen MR) is 64.0 cm³/mol. The molecule has 0 aliphatic heterocycles. The first kappa shape index (κ1) is 12.0. The molecule has 2 rings (SSSR count). The van der Waals surface area contributed by atoms with Gasteiger partial charge in [-0.3, -0.25) is 10.1 Å². The van der Waals surface area contributed by atoms with Gasteiger partial charge in [0.05, 0.1) is 17.5 Å². The molecule has 94 valence electrons. The van der Waals surface area contributed by atoms with Crippen LogP contribution in [0, 0.1) is 17.0 Å². The van der Waals surface area contributed by atoms with Crippen molar-refractivity contribution in [3.63, 3.8) is 0 Å². The van der Waals surface area contributed by atoms with Gasteiger partial charge in [0.25, 0.3) is 5.69 Å². The number of nitrogens with zero attached hydrogens (tertiary/aromatic N) is 5. The summed E-state index contributed by atoms with van der Waals surface area (Å²) in [6.45, 7) is 2.06. The Hall–Kier alpha value is -2.51. The fourth-order valence-corrected chi connectivity index (χ4v) is 1.44. The van der Waals surface area contributed by atoms with Crippen LogP contribution in [0.3, 0.4) is 0 Å². The average molecular weight is 248 g/mol. The van der Waals surface area contributed by atoms with Gasteiger partial charge in [-0.05, 0) is 6.92 Å². The summed E-state index contributed by atoms with van der Waals surface area (Å²) in [5.74, 6) is 1.16. The van der Waals surface area contributed by atoms with E-state index in [1.54, 1.807) is 17.8 Å². The van der Waals surface area contributed by atoms with Crippen LogP contribution in [0.1, 0.15) is 11.4 Å².